The first-order chi connectivity index (χ1) is 22.3. The van der Waals surface area contributed by atoms with Crippen LogP contribution >= 0.6 is 11.6 Å². The van der Waals surface area contributed by atoms with Crippen molar-refractivity contribution >= 4 is 40.9 Å². The first-order valence-corrected chi connectivity index (χ1v) is 16.5. The maximum atomic E-state index is 13.9. The molecule has 5 amide bonds. The van der Waals surface area contributed by atoms with Gasteiger partial charge < -0.3 is 35.6 Å². The third-order valence-electron chi connectivity index (χ3n) is 9.58. The molecule has 47 heavy (non-hydrogen) atoms. The molecule has 2 saturated heterocycles. The number of carbonyl (C=O) groups excluding carboxylic acids is 3. The van der Waals surface area contributed by atoms with Crippen molar-refractivity contribution in [2.24, 2.45) is 0 Å². The zero-order valence-electron chi connectivity index (χ0n) is 27.0. The van der Waals surface area contributed by atoms with E-state index in [0.29, 0.717) is 51.6 Å². The number of anilines is 2. The topological polar surface area (TPSA) is 100 Å². The summed E-state index contributed by atoms with van der Waals surface area (Å²) in [4.78, 5) is 47.7. The molecule has 0 saturated carbocycles. The summed E-state index contributed by atoms with van der Waals surface area (Å²) in [5.74, 6) is -0.339. The number of halogens is 4. The van der Waals surface area contributed by atoms with Gasteiger partial charge in [0, 0.05) is 64.0 Å². The lowest BCUT2D eigenvalue weighted by Gasteiger charge is -2.39. The summed E-state index contributed by atoms with van der Waals surface area (Å²) in [5, 5.41) is 8.24. The van der Waals surface area contributed by atoms with E-state index in [0.717, 1.165) is 36.6 Å². The standard InChI is InChI=1S/C33H43ClF3N7O3/c1-38-29-25(33(35,36)37)18-21(19-26(29)34)20-28(30(45)42-13-9-23(10-14-42)41(2)3)40-31(46)43-15-11-24(12-16-43)44-17-8-22-6-4-5-7-27(22)39-32(44)47/h4-7,18-19,23-24,28,38H,8-17,20H2,1-3H3,(H,39,47)(H,40,46)/t28-/m1/s1. The minimum atomic E-state index is -4.67. The van der Waals surface area contributed by atoms with Crippen molar-refractivity contribution in [2.45, 2.75) is 62.8 Å². The molecule has 3 heterocycles. The van der Waals surface area contributed by atoms with Gasteiger partial charge in [0.25, 0.3) is 0 Å². The van der Waals surface area contributed by atoms with E-state index in [1.807, 2.05) is 43.3 Å². The lowest BCUT2D eigenvalue weighted by Crippen LogP contribution is -2.57. The van der Waals surface area contributed by atoms with E-state index in [4.69, 9.17) is 11.6 Å². The number of piperidine rings is 2. The van der Waals surface area contributed by atoms with Gasteiger partial charge in [0.15, 0.2) is 0 Å². The number of benzene rings is 2. The molecule has 3 aliphatic heterocycles. The molecule has 10 nitrogen and oxygen atoms in total. The van der Waals surface area contributed by atoms with E-state index in [-0.39, 0.29) is 40.7 Å². The molecule has 0 aromatic heterocycles. The van der Waals surface area contributed by atoms with E-state index in [1.54, 1.807) is 9.80 Å². The molecule has 3 aliphatic rings. The van der Waals surface area contributed by atoms with Crippen molar-refractivity contribution in [3.8, 4) is 0 Å². The maximum absolute atomic E-state index is 13.9. The fourth-order valence-corrected chi connectivity index (χ4v) is 7.21. The molecule has 0 aliphatic carbocycles. The summed E-state index contributed by atoms with van der Waals surface area (Å²) in [6.07, 6.45) is -1.48. The summed E-state index contributed by atoms with van der Waals surface area (Å²) in [5.41, 5.74) is 0.892. The molecule has 0 bridgehead atoms. The number of hydrogen-bond donors (Lipinski definition) is 3. The number of urea groups is 2. The first-order valence-electron chi connectivity index (χ1n) is 16.1. The second-order valence-corrected chi connectivity index (χ2v) is 13.1. The van der Waals surface area contributed by atoms with Crippen molar-refractivity contribution in [1.82, 2.24) is 24.9 Å². The largest absolute Gasteiger partial charge is 0.418 e. The van der Waals surface area contributed by atoms with Crippen LogP contribution < -0.4 is 16.0 Å². The molecule has 0 unspecified atom stereocenters. The lowest BCUT2D eigenvalue weighted by molar-refractivity contribution is -0.137. The van der Waals surface area contributed by atoms with Crippen LogP contribution in [0.4, 0.5) is 34.1 Å². The molecular weight excluding hydrogens is 635 g/mol. The van der Waals surface area contributed by atoms with Crippen LogP contribution in [0.3, 0.4) is 0 Å². The van der Waals surface area contributed by atoms with E-state index in [1.165, 1.54) is 13.1 Å². The van der Waals surface area contributed by atoms with Crippen LogP contribution in [0.1, 0.15) is 42.4 Å². The fourth-order valence-electron chi connectivity index (χ4n) is 6.88. The molecule has 3 N–H and O–H groups in total. The number of para-hydroxylation sites is 1. The number of carbonyl (C=O) groups is 3. The number of fused-ring (bicyclic) bond motifs is 1. The van der Waals surface area contributed by atoms with Gasteiger partial charge in [0.1, 0.15) is 6.04 Å². The Morgan fingerprint density at radius 2 is 1.68 bits per heavy atom. The van der Waals surface area contributed by atoms with Crippen LogP contribution in [-0.2, 0) is 23.8 Å². The highest BCUT2D eigenvalue weighted by molar-refractivity contribution is 6.33. The van der Waals surface area contributed by atoms with Gasteiger partial charge in [-0.15, -0.1) is 0 Å². The van der Waals surface area contributed by atoms with Crippen LogP contribution in [0, 0.1) is 0 Å². The molecule has 2 fully saturated rings. The number of rotatable bonds is 7. The predicted octanol–water partition coefficient (Wildman–Crippen LogP) is 5.13. The molecule has 2 aromatic rings. The maximum Gasteiger partial charge on any atom is 0.418 e. The van der Waals surface area contributed by atoms with Crippen LogP contribution in [0.5, 0.6) is 0 Å². The monoisotopic (exact) mass is 677 g/mol. The van der Waals surface area contributed by atoms with Gasteiger partial charge >= 0.3 is 18.2 Å². The highest BCUT2D eigenvalue weighted by Gasteiger charge is 2.37. The van der Waals surface area contributed by atoms with Crippen molar-refractivity contribution in [3.05, 3.63) is 58.1 Å². The minimum absolute atomic E-state index is 0.0580. The summed E-state index contributed by atoms with van der Waals surface area (Å²) < 4.78 is 41.8. The van der Waals surface area contributed by atoms with Crippen LogP contribution in [0.25, 0.3) is 0 Å². The van der Waals surface area contributed by atoms with Gasteiger partial charge in [0.2, 0.25) is 5.91 Å². The molecule has 256 valence electrons. The van der Waals surface area contributed by atoms with E-state index in [9.17, 15) is 27.6 Å². The van der Waals surface area contributed by atoms with Gasteiger partial charge in [-0.1, -0.05) is 29.8 Å². The van der Waals surface area contributed by atoms with Crippen molar-refractivity contribution in [1.29, 1.82) is 0 Å². The average Bonchev–Trinajstić information content (AvgIpc) is 3.21. The van der Waals surface area contributed by atoms with Crippen LogP contribution in [-0.4, -0.2) is 110 Å². The number of nitrogens with zero attached hydrogens (tertiary/aromatic N) is 4. The fraction of sp³-hybridized carbons (Fsp3) is 0.545. The third kappa shape index (κ3) is 8.06. The summed E-state index contributed by atoms with van der Waals surface area (Å²) in [6.45, 7) is 2.26. The van der Waals surface area contributed by atoms with Gasteiger partial charge in [-0.2, -0.15) is 13.2 Å². The van der Waals surface area contributed by atoms with Crippen molar-refractivity contribution < 1.29 is 27.6 Å². The second-order valence-electron chi connectivity index (χ2n) is 12.7. The Labute approximate surface area is 278 Å². The number of amides is 5. The van der Waals surface area contributed by atoms with Crippen molar-refractivity contribution in [3.63, 3.8) is 0 Å². The summed E-state index contributed by atoms with van der Waals surface area (Å²) in [7, 11) is 5.34. The second kappa shape index (κ2) is 14.6. The summed E-state index contributed by atoms with van der Waals surface area (Å²) >= 11 is 6.26. The SMILES string of the molecule is CNc1c(Cl)cc(C[C@@H](NC(=O)N2CCC(N3CCc4ccccc4NC3=O)CC2)C(=O)N2CCC(N(C)C)CC2)cc1C(F)(F)F. The number of nitrogens with one attached hydrogen (secondary N) is 3. The molecular formula is C33H43ClF3N7O3. The molecule has 2 aromatic carbocycles. The Morgan fingerprint density at radius 3 is 2.32 bits per heavy atom. The van der Waals surface area contributed by atoms with Crippen LogP contribution in [0.2, 0.25) is 5.02 Å². The Morgan fingerprint density at radius 1 is 1.02 bits per heavy atom. The smallest absolute Gasteiger partial charge is 0.386 e. The lowest BCUT2D eigenvalue weighted by atomic mass is 9.98. The Kier molecular flexibility index (Phi) is 10.7. The quantitative estimate of drug-likeness (QED) is 0.378. The van der Waals surface area contributed by atoms with E-state index < -0.39 is 23.8 Å². The molecule has 1 atom stereocenters. The highest BCUT2D eigenvalue weighted by Crippen LogP contribution is 2.39. The number of likely N-dealkylation sites (tertiary alicyclic amines) is 2. The highest BCUT2D eigenvalue weighted by atomic mass is 35.5. The number of alkyl halides is 3. The molecule has 0 spiro atoms. The average molecular weight is 678 g/mol. The Balaban J connectivity index is 1.28. The third-order valence-corrected chi connectivity index (χ3v) is 9.88. The molecule has 5 rings (SSSR count). The van der Waals surface area contributed by atoms with Gasteiger partial charge in [-0.25, -0.2) is 9.59 Å². The number of hydrogen-bond acceptors (Lipinski definition) is 5. The van der Waals surface area contributed by atoms with Gasteiger partial charge in [-0.05, 0) is 75.5 Å². The van der Waals surface area contributed by atoms with E-state index >= 15 is 0 Å². The zero-order chi connectivity index (χ0) is 33.9. The van der Waals surface area contributed by atoms with Crippen LogP contribution in [0.15, 0.2) is 36.4 Å². The van der Waals surface area contributed by atoms with Gasteiger partial charge in [0.05, 0.1) is 16.3 Å². The zero-order valence-corrected chi connectivity index (χ0v) is 27.8. The van der Waals surface area contributed by atoms with Crippen molar-refractivity contribution in [2.75, 3.05) is 64.5 Å². The summed E-state index contributed by atoms with van der Waals surface area (Å²) in [6, 6.07) is 8.65. The first kappa shape index (κ1) is 34.6. The predicted molar refractivity (Wildman–Crippen MR) is 176 cm³/mol. The van der Waals surface area contributed by atoms with Gasteiger partial charge in [-0.3, -0.25) is 4.79 Å². The normalized spacial score (nSPS) is 18.8. The molecule has 14 heteroatoms. The molecule has 0 radical (unpaired) electrons. The Hall–Kier alpha value is -3.71. The Bertz CT molecular complexity index is 1460. The van der Waals surface area contributed by atoms with E-state index in [2.05, 4.69) is 20.9 Å². The minimum Gasteiger partial charge on any atom is -0.386 e.